The van der Waals surface area contributed by atoms with E-state index < -0.39 is 11.8 Å². The molecular weight excluding hydrogens is 261 g/mol. The summed E-state index contributed by atoms with van der Waals surface area (Å²) in [6.45, 7) is 2.31. The average Bonchev–Trinajstić information content (AvgIpc) is 2.86. The van der Waals surface area contributed by atoms with Crippen LogP contribution in [0.5, 0.6) is 0 Å². The third-order valence-corrected chi connectivity index (χ3v) is 3.45. The Bertz CT molecular complexity index is 516. The van der Waals surface area contributed by atoms with Gasteiger partial charge in [0.1, 0.15) is 5.82 Å². The molecule has 1 fully saturated rings. The van der Waals surface area contributed by atoms with Crippen molar-refractivity contribution in [3.8, 4) is 0 Å². The topological polar surface area (TPSA) is 49.8 Å². The van der Waals surface area contributed by atoms with Crippen LogP contribution in [0, 0.1) is 11.7 Å². The van der Waals surface area contributed by atoms with Crippen LogP contribution in [-0.2, 0) is 9.53 Å². The minimum atomic E-state index is -1.09. The van der Waals surface area contributed by atoms with Crippen molar-refractivity contribution < 1.29 is 19.0 Å². The van der Waals surface area contributed by atoms with Crippen LogP contribution in [0.15, 0.2) is 24.3 Å². The summed E-state index contributed by atoms with van der Waals surface area (Å²) in [6, 6.07) is 4.81. The summed E-state index contributed by atoms with van der Waals surface area (Å²) >= 11 is 0. The summed E-state index contributed by atoms with van der Waals surface area (Å²) in [4.78, 5) is 12.7. The van der Waals surface area contributed by atoms with E-state index >= 15 is 0 Å². The van der Waals surface area contributed by atoms with Gasteiger partial charge in [-0.05, 0) is 24.6 Å². The molecule has 1 heterocycles. The molecule has 20 heavy (non-hydrogen) atoms. The highest BCUT2D eigenvalue weighted by Crippen LogP contribution is 2.29. The molecular formula is C15H18FNO3. The summed E-state index contributed by atoms with van der Waals surface area (Å²) in [7, 11) is 1.67. The molecule has 2 rings (SSSR count). The maximum Gasteiger partial charge on any atom is 0.328 e. The first-order valence-corrected chi connectivity index (χ1v) is 6.55. The second-order valence-electron chi connectivity index (χ2n) is 4.90. The molecule has 0 bridgehead atoms. The van der Waals surface area contributed by atoms with Crippen molar-refractivity contribution in [1.82, 2.24) is 0 Å². The first kappa shape index (κ1) is 14.5. The Labute approximate surface area is 117 Å². The second kappa shape index (κ2) is 6.52. The van der Waals surface area contributed by atoms with Crippen molar-refractivity contribution in [2.45, 2.75) is 6.42 Å². The fourth-order valence-corrected chi connectivity index (χ4v) is 2.54. The highest BCUT2D eigenvalue weighted by atomic mass is 19.1. The standard InChI is InChI=1S/C15H18FNO3/c1-20-10-11-7-8-17(9-11)14-4-2-3-13(16)12(14)5-6-15(18)19/h2-6,11H,7-10H2,1H3,(H,18,19)/b6-5+. The Morgan fingerprint density at radius 2 is 2.40 bits per heavy atom. The van der Waals surface area contributed by atoms with Crippen molar-refractivity contribution >= 4 is 17.7 Å². The Kier molecular flexibility index (Phi) is 4.74. The molecule has 108 valence electrons. The summed E-state index contributed by atoms with van der Waals surface area (Å²) in [5, 5.41) is 8.69. The van der Waals surface area contributed by atoms with Crippen LogP contribution in [0.4, 0.5) is 10.1 Å². The molecule has 0 aliphatic carbocycles. The predicted octanol–water partition coefficient (Wildman–Crippen LogP) is 2.40. The molecule has 1 aromatic rings. The molecule has 4 nitrogen and oxygen atoms in total. The zero-order chi connectivity index (χ0) is 14.5. The van der Waals surface area contributed by atoms with Crippen molar-refractivity contribution in [3.05, 3.63) is 35.7 Å². The fourth-order valence-electron chi connectivity index (χ4n) is 2.54. The van der Waals surface area contributed by atoms with Gasteiger partial charge >= 0.3 is 5.97 Å². The number of carboxylic acid groups (broad SMARTS) is 1. The molecule has 1 aromatic carbocycles. The summed E-state index contributed by atoms with van der Waals surface area (Å²) in [6.07, 6.45) is 3.27. The quantitative estimate of drug-likeness (QED) is 0.841. The number of aliphatic carboxylic acids is 1. The summed E-state index contributed by atoms with van der Waals surface area (Å²) in [5.41, 5.74) is 1.06. The number of ether oxygens (including phenoxy) is 1. The smallest absolute Gasteiger partial charge is 0.328 e. The lowest BCUT2D eigenvalue weighted by Crippen LogP contribution is -2.22. The molecule has 1 saturated heterocycles. The van der Waals surface area contributed by atoms with Crippen LogP contribution >= 0.6 is 0 Å². The molecule has 1 aliphatic heterocycles. The van der Waals surface area contributed by atoms with E-state index in [9.17, 15) is 9.18 Å². The van der Waals surface area contributed by atoms with E-state index in [-0.39, 0.29) is 0 Å². The van der Waals surface area contributed by atoms with Crippen LogP contribution in [0.25, 0.3) is 6.08 Å². The molecule has 1 N–H and O–H groups in total. The monoisotopic (exact) mass is 279 g/mol. The highest BCUT2D eigenvalue weighted by molar-refractivity contribution is 5.87. The lowest BCUT2D eigenvalue weighted by atomic mass is 10.1. The second-order valence-corrected chi connectivity index (χ2v) is 4.90. The van der Waals surface area contributed by atoms with Crippen LogP contribution < -0.4 is 4.90 Å². The van der Waals surface area contributed by atoms with Gasteiger partial charge in [-0.2, -0.15) is 0 Å². The normalized spacial score (nSPS) is 18.9. The SMILES string of the molecule is COCC1CCN(c2cccc(F)c2/C=C/C(=O)O)C1. The third kappa shape index (κ3) is 3.36. The predicted molar refractivity (Wildman–Crippen MR) is 75.3 cm³/mol. The summed E-state index contributed by atoms with van der Waals surface area (Å²) in [5.74, 6) is -1.06. The molecule has 0 radical (unpaired) electrons. The number of hydrogen-bond donors (Lipinski definition) is 1. The minimum Gasteiger partial charge on any atom is -0.478 e. The molecule has 0 spiro atoms. The first-order valence-electron chi connectivity index (χ1n) is 6.55. The number of benzene rings is 1. The van der Waals surface area contributed by atoms with Gasteiger partial charge in [-0.15, -0.1) is 0 Å². The van der Waals surface area contributed by atoms with Gasteiger partial charge in [0, 0.05) is 43.4 Å². The zero-order valence-corrected chi connectivity index (χ0v) is 11.4. The molecule has 5 heteroatoms. The van der Waals surface area contributed by atoms with Gasteiger partial charge in [0.2, 0.25) is 0 Å². The van der Waals surface area contributed by atoms with E-state index in [0.717, 1.165) is 31.3 Å². The fraction of sp³-hybridized carbons (Fsp3) is 0.400. The molecule has 0 amide bonds. The van der Waals surface area contributed by atoms with Crippen molar-refractivity contribution in [3.63, 3.8) is 0 Å². The number of anilines is 1. The Morgan fingerprint density at radius 3 is 3.10 bits per heavy atom. The average molecular weight is 279 g/mol. The number of methoxy groups -OCH3 is 1. The Balaban J connectivity index is 2.23. The van der Waals surface area contributed by atoms with Gasteiger partial charge in [0.05, 0.1) is 6.61 Å². The van der Waals surface area contributed by atoms with Gasteiger partial charge in [0.25, 0.3) is 0 Å². The number of rotatable bonds is 5. The number of hydrogen-bond acceptors (Lipinski definition) is 3. The van der Waals surface area contributed by atoms with E-state index in [1.165, 1.54) is 12.1 Å². The van der Waals surface area contributed by atoms with Crippen molar-refractivity contribution in [2.24, 2.45) is 5.92 Å². The van der Waals surface area contributed by atoms with Crippen LogP contribution in [-0.4, -0.2) is 37.9 Å². The van der Waals surface area contributed by atoms with Gasteiger partial charge in [-0.1, -0.05) is 6.07 Å². The van der Waals surface area contributed by atoms with Gasteiger partial charge in [-0.3, -0.25) is 0 Å². The van der Waals surface area contributed by atoms with E-state index in [1.54, 1.807) is 13.2 Å². The maximum atomic E-state index is 13.9. The van der Waals surface area contributed by atoms with Crippen LogP contribution in [0.1, 0.15) is 12.0 Å². The van der Waals surface area contributed by atoms with E-state index in [4.69, 9.17) is 9.84 Å². The highest BCUT2D eigenvalue weighted by Gasteiger charge is 2.24. The van der Waals surface area contributed by atoms with Crippen molar-refractivity contribution in [2.75, 3.05) is 31.7 Å². The lowest BCUT2D eigenvalue weighted by molar-refractivity contribution is -0.131. The first-order chi connectivity index (χ1) is 9.61. The van der Waals surface area contributed by atoms with E-state index in [1.807, 2.05) is 6.07 Å². The van der Waals surface area contributed by atoms with Gasteiger partial charge in [-0.25, -0.2) is 9.18 Å². The van der Waals surface area contributed by atoms with Crippen LogP contribution in [0.2, 0.25) is 0 Å². The maximum absolute atomic E-state index is 13.9. The molecule has 0 aromatic heterocycles. The van der Waals surface area contributed by atoms with Crippen LogP contribution in [0.3, 0.4) is 0 Å². The molecule has 1 aliphatic rings. The third-order valence-electron chi connectivity index (χ3n) is 3.45. The summed E-state index contributed by atoms with van der Waals surface area (Å²) < 4.78 is 19.1. The number of nitrogens with zero attached hydrogens (tertiary/aromatic N) is 1. The molecule has 1 unspecified atom stereocenters. The van der Waals surface area contributed by atoms with Gasteiger partial charge in [0.15, 0.2) is 0 Å². The molecule has 0 saturated carbocycles. The molecule has 1 atom stereocenters. The number of carbonyl (C=O) groups is 1. The zero-order valence-electron chi connectivity index (χ0n) is 11.4. The largest absolute Gasteiger partial charge is 0.478 e. The minimum absolute atomic E-state index is 0.327. The van der Waals surface area contributed by atoms with E-state index in [0.29, 0.717) is 18.1 Å². The van der Waals surface area contributed by atoms with E-state index in [2.05, 4.69) is 4.90 Å². The number of carboxylic acids is 1. The number of halogens is 1. The lowest BCUT2D eigenvalue weighted by Gasteiger charge is -2.21. The Hall–Kier alpha value is -1.88. The van der Waals surface area contributed by atoms with Crippen molar-refractivity contribution in [1.29, 1.82) is 0 Å². The van der Waals surface area contributed by atoms with Gasteiger partial charge < -0.3 is 14.7 Å². The Morgan fingerprint density at radius 1 is 1.60 bits per heavy atom.